The minimum Gasteiger partial charge on any atom is -0.477 e. The Morgan fingerprint density at radius 3 is 1.90 bits per heavy atom. The smallest absolute Gasteiger partial charge is 0.228 e. The Kier molecular flexibility index (Phi) is 3.98. The minimum atomic E-state index is -0.966. The largest absolute Gasteiger partial charge is 0.477 e. The zero-order chi connectivity index (χ0) is 20.0. The lowest BCUT2D eigenvalue weighted by atomic mass is 9.78. The molecule has 1 aliphatic heterocycles. The van der Waals surface area contributed by atoms with E-state index in [1.54, 1.807) is 48.5 Å². The number of benzene rings is 3. The number of ketones is 3. The van der Waals surface area contributed by atoms with Crippen LogP contribution in [0.5, 0.6) is 0 Å². The van der Waals surface area contributed by atoms with Crippen molar-refractivity contribution in [1.29, 1.82) is 0 Å². The van der Waals surface area contributed by atoms with Crippen LogP contribution in [0, 0.1) is 0 Å². The molecular weight excluding hydrogens is 364 g/mol. The quantitative estimate of drug-likeness (QED) is 0.633. The van der Waals surface area contributed by atoms with E-state index >= 15 is 0 Å². The number of ether oxygens (including phenoxy) is 1. The maximum atomic E-state index is 13.3. The third-order valence-corrected chi connectivity index (χ3v) is 5.45. The molecule has 2 aliphatic rings. The van der Waals surface area contributed by atoms with E-state index in [-0.39, 0.29) is 28.7 Å². The molecule has 3 aromatic carbocycles. The predicted octanol–water partition coefficient (Wildman–Crippen LogP) is 4.39. The molecular formula is C25H16O4. The SMILES string of the molecule is O=C1C2=C(C(=O)c3ccccc31)[C@H](c1ccccc1)[C@@H](C(=O)c1ccccc1)O2. The van der Waals surface area contributed by atoms with Crippen LogP contribution in [0.1, 0.15) is 42.6 Å². The Morgan fingerprint density at radius 1 is 0.690 bits per heavy atom. The van der Waals surface area contributed by atoms with E-state index in [0.29, 0.717) is 16.7 Å². The number of hydrogen-bond acceptors (Lipinski definition) is 4. The van der Waals surface area contributed by atoms with Crippen LogP contribution < -0.4 is 0 Å². The summed E-state index contributed by atoms with van der Waals surface area (Å²) in [7, 11) is 0. The van der Waals surface area contributed by atoms with E-state index in [9.17, 15) is 14.4 Å². The molecule has 0 saturated carbocycles. The normalized spacial score (nSPS) is 20.1. The molecule has 1 aliphatic carbocycles. The molecule has 1 heterocycles. The van der Waals surface area contributed by atoms with Gasteiger partial charge in [0.2, 0.25) is 11.6 Å². The van der Waals surface area contributed by atoms with E-state index in [2.05, 4.69) is 0 Å². The number of allylic oxidation sites excluding steroid dienone is 1. The highest BCUT2D eigenvalue weighted by atomic mass is 16.5. The fourth-order valence-corrected chi connectivity index (χ4v) is 4.09. The molecule has 0 spiro atoms. The Morgan fingerprint density at radius 2 is 1.24 bits per heavy atom. The molecule has 0 N–H and O–H groups in total. The molecule has 140 valence electrons. The van der Waals surface area contributed by atoms with Crippen molar-refractivity contribution in [3.05, 3.63) is 119 Å². The van der Waals surface area contributed by atoms with Crippen LogP contribution in [-0.4, -0.2) is 23.5 Å². The van der Waals surface area contributed by atoms with Crippen molar-refractivity contribution in [2.75, 3.05) is 0 Å². The van der Waals surface area contributed by atoms with Crippen molar-refractivity contribution < 1.29 is 19.1 Å². The Hall–Kier alpha value is -3.79. The van der Waals surface area contributed by atoms with E-state index in [1.807, 2.05) is 36.4 Å². The van der Waals surface area contributed by atoms with Gasteiger partial charge in [0.15, 0.2) is 17.6 Å². The van der Waals surface area contributed by atoms with Gasteiger partial charge in [-0.1, -0.05) is 84.9 Å². The third-order valence-electron chi connectivity index (χ3n) is 5.45. The Labute approximate surface area is 167 Å². The van der Waals surface area contributed by atoms with Crippen molar-refractivity contribution in [1.82, 2.24) is 0 Å². The molecule has 29 heavy (non-hydrogen) atoms. The summed E-state index contributed by atoms with van der Waals surface area (Å²) < 4.78 is 5.95. The summed E-state index contributed by atoms with van der Waals surface area (Å²) in [5.41, 5.74) is 2.20. The van der Waals surface area contributed by atoms with Gasteiger partial charge in [0, 0.05) is 16.7 Å². The van der Waals surface area contributed by atoms with E-state index in [4.69, 9.17) is 4.74 Å². The topological polar surface area (TPSA) is 60.4 Å². The summed E-state index contributed by atoms with van der Waals surface area (Å²) in [6, 6.07) is 24.8. The van der Waals surface area contributed by atoms with Gasteiger partial charge in [-0.25, -0.2) is 0 Å². The monoisotopic (exact) mass is 380 g/mol. The predicted molar refractivity (Wildman–Crippen MR) is 107 cm³/mol. The average Bonchev–Trinajstić information content (AvgIpc) is 3.19. The first-order valence-corrected chi connectivity index (χ1v) is 9.40. The van der Waals surface area contributed by atoms with Gasteiger partial charge in [-0.3, -0.25) is 14.4 Å². The first kappa shape index (κ1) is 17.3. The molecule has 0 aromatic heterocycles. The van der Waals surface area contributed by atoms with Crippen LogP contribution in [0.4, 0.5) is 0 Å². The molecule has 0 fully saturated rings. The Balaban J connectivity index is 1.67. The molecule has 5 rings (SSSR count). The molecule has 3 aromatic rings. The second kappa shape index (κ2) is 6.67. The molecule has 2 atom stereocenters. The number of hydrogen-bond donors (Lipinski definition) is 0. The van der Waals surface area contributed by atoms with Gasteiger partial charge in [-0.2, -0.15) is 0 Å². The zero-order valence-electron chi connectivity index (χ0n) is 15.4. The summed E-state index contributed by atoms with van der Waals surface area (Å²) in [5.74, 6) is -1.49. The summed E-state index contributed by atoms with van der Waals surface area (Å²) in [6.45, 7) is 0. The van der Waals surface area contributed by atoms with E-state index in [0.717, 1.165) is 5.56 Å². The van der Waals surface area contributed by atoms with Gasteiger partial charge in [-0.05, 0) is 5.56 Å². The van der Waals surface area contributed by atoms with Gasteiger partial charge in [0.1, 0.15) is 0 Å². The van der Waals surface area contributed by atoms with Crippen LogP contribution in [0.2, 0.25) is 0 Å². The van der Waals surface area contributed by atoms with Crippen LogP contribution in [0.15, 0.2) is 96.3 Å². The van der Waals surface area contributed by atoms with Gasteiger partial charge < -0.3 is 4.74 Å². The van der Waals surface area contributed by atoms with Gasteiger partial charge in [0.25, 0.3) is 0 Å². The van der Waals surface area contributed by atoms with Crippen LogP contribution in [0.25, 0.3) is 0 Å². The second-order valence-electron chi connectivity index (χ2n) is 7.10. The van der Waals surface area contributed by atoms with Crippen molar-refractivity contribution >= 4 is 17.3 Å². The second-order valence-corrected chi connectivity index (χ2v) is 7.10. The van der Waals surface area contributed by atoms with Crippen LogP contribution >= 0.6 is 0 Å². The van der Waals surface area contributed by atoms with Crippen molar-refractivity contribution in [3.8, 4) is 0 Å². The number of Topliss-reactive ketones (excluding diaryl/α,β-unsaturated/α-hetero) is 3. The van der Waals surface area contributed by atoms with Crippen LogP contribution in [-0.2, 0) is 4.74 Å². The van der Waals surface area contributed by atoms with E-state index < -0.39 is 12.0 Å². The third kappa shape index (κ3) is 2.64. The standard InChI is InChI=1S/C25H16O4/c26-21(16-11-5-2-6-12-16)24-19(15-9-3-1-4-10-15)20-22(27)17-13-7-8-14-18(17)23(28)25(20)29-24/h1-14,19,24H/t19-,24-/m0/s1. The summed E-state index contributed by atoms with van der Waals surface area (Å²) in [5, 5.41) is 0. The molecule has 0 amide bonds. The molecule has 0 radical (unpaired) electrons. The van der Waals surface area contributed by atoms with Crippen molar-refractivity contribution in [3.63, 3.8) is 0 Å². The van der Waals surface area contributed by atoms with Crippen LogP contribution in [0.3, 0.4) is 0 Å². The number of fused-ring (bicyclic) bond motifs is 1. The van der Waals surface area contributed by atoms with E-state index in [1.165, 1.54) is 0 Å². The summed E-state index contributed by atoms with van der Waals surface area (Å²) >= 11 is 0. The lowest BCUT2D eigenvalue weighted by Gasteiger charge is -2.20. The maximum absolute atomic E-state index is 13.3. The number of carbonyl (C=O) groups is 3. The number of carbonyl (C=O) groups excluding carboxylic acids is 3. The minimum absolute atomic E-state index is 0.00293. The fraction of sp³-hybridized carbons (Fsp3) is 0.0800. The van der Waals surface area contributed by atoms with Gasteiger partial charge in [0.05, 0.1) is 11.5 Å². The first-order valence-electron chi connectivity index (χ1n) is 9.40. The lowest BCUT2D eigenvalue weighted by Crippen LogP contribution is -2.28. The number of rotatable bonds is 3. The summed E-state index contributed by atoms with van der Waals surface area (Å²) in [4.78, 5) is 39.7. The summed E-state index contributed by atoms with van der Waals surface area (Å²) in [6.07, 6.45) is -0.966. The molecule has 4 nitrogen and oxygen atoms in total. The van der Waals surface area contributed by atoms with Crippen molar-refractivity contribution in [2.24, 2.45) is 0 Å². The molecule has 4 heteroatoms. The molecule has 0 saturated heterocycles. The van der Waals surface area contributed by atoms with Gasteiger partial charge >= 0.3 is 0 Å². The van der Waals surface area contributed by atoms with Gasteiger partial charge in [-0.15, -0.1) is 0 Å². The fourth-order valence-electron chi connectivity index (χ4n) is 4.09. The van der Waals surface area contributed by atoms with Crippen molar-refractivity contribution in [2.45, 2.75) is 12.0 Å². The highest BCUT2D eigenvalue weighted by Crippen LogP contribution is 2.45. The average molecular weight is 380 g/mol. The molecule has 0 bridgehead atoms. The maximum Gasteiger partial charge on any atom is 0.228 e. The zero-order valence-corrected chi connectivity index (χ0v) is 15.4. The molecule has 0 unspecified atom stereocenters. The highest BCUT2D eigenvalue weighted by molar-refractivity contribution is 6.27. The lowest BCUT2D eigenvalue weighted by molar-refractivity contribution is 0.0640. The highest BCUT2D eigenvalue weighted by Gasteiger charge is 2.49. The Bertz CT molecular complexity index is 1180. The first-order chi connectivity index (χ1) is 14.2.